The molecule has 0 heterocycles. The van der Waals surface area contributed by atoms with E-state index >= 15 is 0 Å². The van der Waals surface area contributed by atoms with E-state index in [2.05, 4.69) is 5.32 Å². The second kappa shape index (κ2) is 8.87. The SMILES string of the molecule is CC(C)NCC(O)COc1ccc(CCC(=O)O)cc1Cl. The van der Waals surface area contributed by atoms with E-state index in [0.29, 0.717) is 29.8 Å². The fourth-order valence-corrected chi connectivity index (χ4v) is 1.94. The minimum absolute atomic E-state index is 0.0656. The van der Waals surface area contributed by atoms with Gasteiger partial charge < -0.3 is 20.3 Å². The van der Waals surface area contributed by atoms with Gasteiger partial charge >= 0.3 is 5.97 Å². The molecule has 3 N–H and O–H groups in total. The largest absolute Gasteiger partial charge is 0.489 e. The van der Waals surface area contributed by atoms with Crippen molar-refractivity contribution in [2.45, 2.75) is 38.8 Å². The van der Waals surface area contributed by atoms with Crippen molar-refractivity contribution in [3.63, 3.8) is 0 Å². The Hall–Kier alpha value is -1.30. The second-order valence-corrected chi connectivity index (χ2v) is 5.59. The van der Waals surface area contributed by atoms with Crippen LogP contribution >= 0.6 is 11.6 Å². The van der Waals surface area contributed by atoms with Crippen LogP contribution < -0.4 is 10.1 Å². The Morgan fingerprint density at radius 2 is 2.14 bits per heavy atom. The van der Waals surface area contributed by atoms with Gasteiger partial charge in [-0.15, -0.1) is 0 Å². The van der Waals surface area contributed by atoms with Gasteiger partial charge in [-0.1, -0.05) is 31.5 Å². The average Bonchev–Trinajstić information content (AvgIpc) is 2.41. The molecule has 118 valence electrons. The van der Waals surface area contributed by atoms with Crippen molar-refractivity contribution in [1.82, 2.24) is 5.32 Å². The van der Waals surface area contributed by atoms with Crippen molar-refractivity contribution < 1.29 is 19.7 Å². The molecule has 0 amide bonds. The van der Waals surface area contributed by atoms with Crippen LogP contribution in [0.1, 0.15) is 25.8 Å². The van der Waals surface area contributed by atoms with Crippen LogP contribution in [-0.4, -0.2) is 41.5 Å². The monoisotopic (exact) mass is 315 g/mol. The molecule has 1 aromatic rings. The molecule has 0 saturated carbocycles. The van der Waals surface area contributed by atoms with Crippen molar-refractivity contribution in [3.8, 4) is 5.75 Å². The molecule has 5 nitrogen and oxygen atoms in total. The first-order valence-electron chi connectivity index (χ1n) is 6.93. The normalized spacial score (nSPS) is 12.4. The predicted molar refractivity (Wildman–Crippen MR) is 82.0 cm³/mol. The summed E-state index contributed by atoms with van der Waals surface area (Å²) in [5.41, 5.74) is 0.844. The smallest absolute Gasteiger partial charge is 0.303 e. The third-order valence-corrected chi connectivity index (χ3v) is 3.11. The summed E-state index contributed by atoms with van der Waals surface area (Å²) in [5.74, 6) is -0.355. The first kappa shape index (κ1) is 17.8. The lowest BCUT2D eigenvalue weighted by atomic mass is 10.1. The van der Waals surface area contributed by atoms with Gasteiger partial charge in [0.2, 0.25) is 0 Å². The first-order chi connectivity index (χ1) is 9.88. The Balaban J connectivity index is 2.47. The van der Waals surface area contributed by atoms with Crippen LogP contribution in [0.4, 0.5) is 0 Å². The number of hydrogen-bond acceptors (Lipinski definition) is 4. The lowest BCUT2D eigenvalue weighted by Crippen LogP contribution is -2.35. The van der Waals surface area contributed by atoms with Gasteiger partial charge in [-0.25, -0.2) is 0 Å². The van der Waals surface area contributed by atoms with Gasteiger partial charge in [0.25, 0.3) is 0 Å². The van der Waals surface area contributed by atoms with E-state index < -0.39 is 12.1 Å². The van der Waals surface area contributed by atoms with Gasteiger partial charge in [0.1, 0.15) is 18.5 Å². The van der Waals surface area contributed by atoms with Gasteiger partial charge in [0.15, 0.2) is 0 Å². The minimum Gasteiger partial charge on any atom is -0.489 e. The molecule has 0 bridgehead atoms. The number of aliphatic carboxylic acids is 1. The van der Waals surface area contributed by atoms with Crippen LogP contribution in [0.25, 0.3) is 0 Å². The molecule has 0 aromatic heterocycles. The average molecular weight is 316 g/mol. The Morgan fingerprint density at radius 1 is 1.43 bits per heavy atom. The maximum atomic E-state index is 10.5. The lowest BCUT2D eigenvalue weighted by molar-refractivity contribution is -0.136. The zero-order chi connectivity index (χ0) is 15.8. The van der Waals surface area contributed by atoms with E-state index in [9.17, 15) is 9.90 Å². The molecule has 0 fully saturated rings. The van der Waals surface area contributed by atoms with Gasteiger partial charge in [0, 0.05) is 19.0 Å². The zero-order valence-electron chi connectivity index (χ0n) is 12.3. The summed E-state index contributed by atoms with van der Waals surface area (Å²) in [6.45, 7) is 4.60. The number of aliphatic hydroxyl groups is 1. The van der Waals surface area contributed by atoms with Crippen molar-refractivity contribution in [1.29, 1.82) is 0 Å². The van der Waals surface area contributed by atoms with Crippen molar-refractivity contribution >= 4 is 17.6 Å². The molecule has 1 rings (SSSR count). The fourth-order valence-electron chi connectivity index (χ4n) is 1.68. The van der Waals surface area contributed by atoms with Crippen molar-refractivity contribution in [2.75, 3.05) is 13.2 Å². The maximum absolute atomic E-state index is 10.5. The third kappa shape index (κ3) is 7.32. The number of carboxylic acid groups (broad SMARTS) is 1. The molecular formula is C15H22ClNO4. The lowest BCUT2D eigenvalue weighted by Gasteiger charge is -2.15. The van der Waals surface area contributed by atoms with E-state index in [1.807, 2.05) is 13.8 Å². The topological polar surface area (TPSA) is 78.8 Å². The van der Waals surface area contributed by atoms with Crippen molar-refractivity contribution in [2.24, 2.45) is 0 Å². The number of rotatable bonds is 9. The van der Waals surface area contributed by atoms with Gasteiger partial charge in [-0.05, 0) is 24.1 Å². The molecule has 21 heavy (non-hydrogen) atoms. The number of nitrogens with one attached hydrogen (secondary N) is 1. The molecule has 0 aliphatic rings. The molecular weight excluding hydrogens is 294 g/mol. The van der Waals surface area contributed by atoms with Crippen LogP contribution in [0.3, 0.4) is 0 Å². The molecule has 6 heteroatoms. The zero-order valence-corrected chi connectivity index (χ0v) is 13.1. The maximum Gasteiger partial charge on any atom is 0.303 e. The summed E-state index contributed by atoms with van der Waals surface area (Å²) >= 11 is 6.09. The van der Waals surface area contributed by atoms with Crippen LogP contribution in [0, 0.1) is 0 Å². The van der Waals surface area contributed by atoms with Crippen LogP contribution in [0.2, 0.25) is 5.02 Å². The van der Waals surface area contributed by atoms with E-state index in [1.54, 1.807) is 18.2 Å². The summed E-state index contributed by atoms with van der Waals surface area (Å²) < 4.78 is 5.47. The number of aryl methyl sites for hydroxylation is 1. The standard InChI is InChI=1S/C15H22ClNO4/c1-10(2)17-8-12(18)9-21-14-5-3-11(7-13(14)16)4-6-15(19)20/h3,5,7,10,12,17-18H,4,6,8-9H2,1-2H3,(H,19,20). The quantitative estimate of drug-likeness (QED) is 0.650. The highest BCUT2D eigenvalue weighted by atomic mass is 35.5. The fraction of sp³-hybridized carbons (Fsp3) is 0.533. The molecule has 0 aliphatic carbocycles. The number of hydrogen-bond donors (Lipinski definition) is 3. The van der Waals surface area contributed by atoms with Gasteiger partial charge in [-0.3, -0.25) is 4.79 Å². The number of ether oxygens (including phenoxy) is 1. The number of benzene rings is 1. The Bertz CT molecular complexity index is 465. The molecule has 0 saturated heterocycles. The Kier molecular flexibility index (Phi) is 7.50. The van der Waals surface area contributed by atoms with Gasteiger partial charge in [-0.2, -0.15) is 0 Å². The highest BCUT2D eigenvalue weighted by Crippen LogP contribution is 2.26. The van der Waals surface area contributed by atoms with Crippen LogP contribution in [-0.2, 0) is 11.2 Å². The number of carbonyl (C=O) groups is 1. The molecule has 0 spiro atoms. The summed E-state index contributed by atoms with van der Waals surface area (Å²) in [6, 6.07) is 5.47. The molecule has 0 radical (unpaired) electrons. The molecule has 0 aliphatic heterocycles. The van der Waals surface area contributed by atoms with Gasteiger partial charge in [0.05, 0.1) is 5.02 Å². The van der Waals surface area contributed by atoms with E-state index in [0.717, 1.165) is 5.56 Å². The molecule has 1 atom stereocenters. The Morgan fingerprint density at radius 3 is 2.71 bits per heavy atom. The first-order valence-corrected chi connectivity index (χ1v) is 7.30. The Labute approximate surface area is 129 Å². The third-order valence-electron chi connectivity index (χ3n) is 2.82. The predicted octanol–water partition coefficient (Wildman–Crippen LogP) is 2.09. The highest BCUT2D eigenvalue weighted by Gasteiger charge is 2.09. The van der Waals surface area contributed by atoms with E-state index in [1.165, 1.54) is 0 Å². The van der Waals surface area contributed by atoms with E-state index in [4.69, 9.17) is 21.4 Å². The summed E-state index contributed by atoms with van der Waals surface area (Å²) in [7, 11) is 0. The van der Waals surface area contributed by atoms with Crippen LogP contribution in [0.5, 0.6) is 5.75 Å². The summed E-state index contributed by atoms with van der Waals surface area (Å²) in [5, 5.41) is 21.9. The van der Waals surface area contributed by atoms with Crippen molar-refractivity contribution in [3.05, 3.63) is 28.8 Å². The summed E-state index contributed by atoms with van der Waals surface area (Å²) in [6.07, 6.45) is -0.123. The van der Waals surface area contributed by atoms with E-state index in [-0.39, 0.29) is 13.0 Å². The highest BCUT2D eigenvalue weighted by molar-refractivity contribution is 6.32. The van der Waals surface area contributed by atoms with Crippen LogP contribution in [0.15, 0.2) is 18.2 Å². The molecule has 1 unspecified atom stereocenters. The molecule has 1 aromatic carbocycles. The second-order valence-electron chi connectivity index (χ2n) is 5.19. The minimum atomic E-state index is -0.841. The number of carboxylic acids is 1. The number of aliphatic hydroxyl groups excluding tert-OH is 1. The number of halogens is 1. The summed E-state index contributed by atoms with van der Waals surface area (Å²) in [4.78, 5) is 10.5.